The van der Waals surface area contributed by atoms with E-state index in [-0.39, 0.29) is 12.5 Å². The fraction of sp³-hybridized carbons (Fsp3) is 0.611. The molecule has 2 saturated carbocycles. The van der Waals surface area contributed by atoms with Crippen molar-refractivity contribution in [3.05, 3.63) is 29.8 Å². The van der Waals surface area contributed by atoms with Crippen LogP contribution in [-0.4, -0.2) is 29.5 Å². The Hall–Kier alpha value is -1.51. The minimum absolute atomic E-state index is 0.150. The van der Waals surface area contributed by atoms with Crippen LogP contribution in [-0.2, 0) is 11.2 Å². The third kappa shape index (κ3) is 3.58. The van der Waals surface area contributed by atoms with E-state index in [0.717, 1.165) is 30.9 Å². The minimum Gasteiger partial charge on any atom is -0.484 e. The second kappa shape index (κ2) is 6.08. The van der Waals surface area contributed by atoms with Crippen molar-refractivity contribution in [3.8, 4) is 5.75 Å². The van der Waals surface area contributed by atoms with E-state index in [9.17, 15) is 4.79 Å². The molecule has 1 amide bonds. The predicted octanol–water partition coefficient (Wildman–Crippen LogP) is 3.42. The highest BCUT2D eigenvalue weighted by Gasteiger charge is 2.41. The summed E-state index contributed by atoms with van der Waals surface area (Å²) in [6, 6.07) is 8.89. The number of hydrogen-bond acceptors (Lipinski definition) is 2. The van der Waals surface area contributed by atoms with Gasteiger partial charge in [0.25, 0.3) is 5.91 Å². The zero-order valence-corrected chi connectivity index (χ0v) is 13.0. The van der Waals surface area contributed by atoms with Gasteiger partial charge in [0.1, 0.15) is 5.75 Å². The third-order valence-electron chi connectivity index (χ3n) is 4.67. The summed E-state index contributed by atoms with van der Waals surface area (Å²) in [6.45, 7) is 4.50. The first-order valence-electron chi connectivity index (χ1n) is 8.22. The van der Waals surface area contributed by atoms with Crippen molar-refractivity contribution in [1.29, 1.82) is 0 Å². The zero-order valence-electron chi connectivity index (χ0n) is 13.0. The fourth-order valence-corrected chi connectivity index (χ4v) is 2.96. The Kier molecular flexibility index (Phi) is 4.18. The van der Waals surface area contributed by atoms with E-state index in [0.29, 0.717) is 12.1 Å². The zero-order chi connectivity index (χ0) is 14.8. The first-order valence-corrected chi connectivity index (χ1v) is 8.22. The molecule has 21 heavy (non-hydrogen) atoms. The topological polar surface area (TPSA) is 29.5 Å². The molecule has 3 nitrogen and oxygen atoms in total. The van der Waals surface area contributed by atoms with Gasteiger partial charge in [-0.05, 0) is 62.6 Å². The summed E-state index contributed by atoms with van der Waals surface area (Å²) < 4.78 is 5.69. The lowest BCUT2D eigenvalue weighted by atomic mass is 10.1. The van der Waals surface area contributed by atoms with Crippen molar-refractivity contribution in [2.24, 2.45) is 5.92 Å². The number of carbonyl (C=O) groups excluding carboxylic acids is 1. The van der Waals surface area contributed by atoms with Crippen LogP contribution in [0.4, 0.5) is 0 Å². The summed E-state index contributed by atoms with van der Waals surface area (Å²) in [5.41, 5.74) is 1.29. The van der Waals surface area contributed by atoms with Crippen LogP contribution in [0.3, 0.4) is 0 Å². The highest BCUT2D eigenvalue weighted by Crippen LogP contribution is 2.39. The highest BCUT2D eigenvalue weighted by atomic mass is 16.5. The standard InChI is InChI=1S/C18H25NO2/c1-3-14-4-10-17(11-5-14)21-12-18(20)19(16-8-9-16)13(2)15-6-7-15/h4-5,10-11,13,15-16H,3,6-9,12H2,1-2H3. The lowest BCUT2D eigenvalue weighted by Crippen LogP contribution is -2.44. The van der Waals surface area contributed by atoms with Gasteiger partial charge in [-0.15, -0.1) is 0 Å². The van der Waals surface area contributed by atoms with Crippen LogP contribution in [0.25, 0.3) is 0 Å². The van der Waals surface area contributed by atoms with Crippen molar-refractivity contribution in [2.75, 3.05) is 6.61 Å². The number of carbonyl (C=O) groups is 1. The summed E-state index contributed by atoms with van der Waals surface area (Å²) in [5.74, 6) is 1.66. The second-order valence-corrected chi connectivity index (χ2v) is 6.40. The highest BCUT2D eigenvalue weighted by molar-refractivity contribution is 5.78. The molecule has 2 aliphatic carbocycles. The summed E-state index contributed by atoms with van der Waals surface area (Å²) in [7, 11) is 0. The Morgan fingerprint density at radius 1 is 1.24 bits per heavy atom. The molecule has 2 fully saturated rings. The quantitative estimate of drug-likeness (QED) is 0.769. The van der Waals surface area contributed by atoms with Gasteiger partial charge in [-0.3, -0.25) is 4.79 Å². The van der Waals surface area contributed by atoms with Gasteiger partial charge in [0.2, 0.25) is 0 Å². The number of amides is 1. The van der Waals surface area contributed by atoms with E-state index in [1.165, 1.54) is 18.4 Å². The molecule has 0 bridgehead atoms. The molecule has 0 N–H and O–H groups in total. The molecule has 1 aromatic carbocycles. The molecule has 0 radical (unpaired) electrons. The van der Waals surface area contributed by atoms with Gasteiger partial charge in [-0.2, -0.15) is 0 Å². The molecule has 3 rings (SSSR count). The van der Waals surface area contributed by atoms with Crippen molar-refractivity contribution in [3.63, 3.8) is 0 Å². The molecule has 0 aromatic heterocycles. The van der Waals surface area contributed by atoms with Crippen LogP contribution >= 0.6 is 0 Å². The van der Waals surface area contributed by atoms with Gasteiger partial charge >= 0.3 is 0 Å². The smallest absolute Gasteiger partial charge is 0.261 e. The molecular weight excluding hydrogens is 262 g/mol. The van der Waals surface area contributed by atoms with Gasteiger partial charge in [0.05, 0.1) is 0 Å². The first-order chi connectivity index (χ1) is 10.2. The number of nitrogens with zero attached hydrogens (tertiary/aromatic N) is 1. The summed E-state index contributed by atoms with van der Waals surface area (Å²) in [6.07, 6.45) is 5.89. The van der Waals surface area contributed by atoms with Crippen LogP contribution in [0.15, 0.2) is 24.3 Å². The Bertz CT molecular complexity index is 488. The van der Waals surface area contributed by atoms with Crippen LogP contribution in [0.5, 0.6) is 5.75 Å². The Morgan fingerprint density at radius 2 is 1.90 bits per heavy atom. The molecule has 0 heterocycles. The van der Waals surface area contributed by atoms with Crippen molar-refractivity contribution in [1.82, 2.24) is 4.90 Å². The Labute approximate surface area is 127 Å². The average Bonchev–Trinajstić information content (AvgIpc) is 3.38. The predicted molar refractivity (Wildman–Crippen MR) is 83.4 cm³/mol. The van der Waals surface area contributed by atoms with Crippen LogP contribution in [0.2, 0.25) is 0 Å². The van der Waals surface area contributed by atoms with E-state index in [1.54, 1.807) is 0 Å². The number of benzene rings is 1. The molecule has 114 valence electrons. The molecule has 2 aliphatic rings. The van der Waals surface area contributed by atoms with Gasteiger partial charge in [0, 0.05) is 12.1 Å². The number of rotatable bonds is 7. The maximum atomic E-state index is 12.5. The SMILES string of the molecule is CCc1ccc(OCC(=O)N(C2CC2)C(C)C2CC2)cc1. The maximum Gasteiger partial charge on any atom is 0.261 e. The lowest BCUT2D eigenvalue weighted by molar-refractivity contribution is -0.136. The van der Waals surface area contributed by atoms with E-state index < -0.39 is 0 Å². The number of aryl methyl sites for hydroxylation is 1. The van der Waals surface area contributed by atoms with E-state index in [4.69, 9.17) is 4.74 Å². The summed E-state index contributed by atoms with van der Waals surface area (Å²) in [4.78, 5) is 14.6. The lowest BCUT2D eigenvalue weighted by Gasteiger charge is -2.29. The maximum absolute atomic E-state index is 12.5. The Balaban J connectivity index is 1.56. The van der Waals surface area contributed by atoms with Gasteiger partial charge in [-0.1, -0.05) is 19.1 Å². The largest absolute Gasteiger partial charge is 0.484 e. The molecule has 0 saturated heterocycles. The molecule has 1 atom stereocenters. The summed E-state index contributed by atoms with van der Waals surface area (Å²) in [5, 5.41) is 0. The van der Waals surface area contributed by atoms with Gasteiger partial charge in [-0.25, -0.2) is 0 Å². The van der Waals surface area contributed by atoms with Crippen LogP contribution in [0, 0.1) is 5.92 Å². The molecule has 0 aliphatic heterocycles. The fourth-order valence-electron chi connectivity index (χ4n) is 2.96. The first kappa shape index (κ1) is 14.4. The van der Waals surface area contributed by atoms with Crippen molar-refractivity contribution < 1.29 is 9.53 Å². The molecule has 3 heteroatoms. The van der Waals surface area contributed by atoms with Crippen molar-refractivity contribution >= 4 is 5.91 Å². The normalized spacial score (nSPS) is 19.1. The number of hydrogen-bond donors (Lipinski definition) is 0. The molecular formula is C18H25NO2. The molecule has 1 unspecified atom stereocenters. The monoisotopic (exact) mass is 287 g/mol. The summed E-state index contributed by atoms with van der Waals surface area (Å²) >= 11 is 0. The van der Waals surface area contributed by atoms with Gasteiger partial charge in [0.15, 0.2) is 6.61 Å². The van der Waals surface area contributed by atoms with Crippen molar-refractivity contribution in [2.45, 2.75) is 58.0 Å². The van der Waals surface area contributed by atoms with Crippen LogP contribution in [0.1, 0.15) is 45.1 Å². The third-order valence-corrected chi connectivity index (χ3v) is 4.67. The number of ether oxygens (including phenoxy) is 1. The van der Waals surface area contributed by atoms with Crippen LogP contribution < -0.4 is 4.74 Å². The van der Waals surface area contributed by atoms with E-state index in [2.05, 4.69) is 30.9 Å². The second-order valence-electron chi connectivity index (χ2n) is 6.40. The average molecular weight is 287 g/mol. The molecule has 0 spiro atoms. The van der Waals surface area contributed by atoms with Gasteiger partial charge < -0.3 is 9.64 Å². The molecule has 1 aromatic rings. The minimum atomic E-state index is 0.150. The van der Waals surface area contributed by atoms with E-state index >= 15 is 0 Å². The Morgan fingerprint density at radius 3 is 2.43 bits per heavy atom. The van der Waals surface area contributed by atoms with E-state index in [1.807, 2.05) is 12.1 Å².